The monoisotopic (exact) mass is 315 g/mol. The van der Waals surface area contributed by atoms with Crippen molar-refractivity contribution >= 4 is 15.7 Å². The fourth-order valence-electron chi connectivity index (χ4n) is 2.20. The van der Waals surface area contributed by atoms with Crippen molar-refractivity contribution in [3.8, 4) is 0 Å². The fraction of sp³-hybridized carbons (Fsp3) is 0.769. The number of hydrogen-bond acceptors (Lipinski definition) is 6. The maximum absolute atomic E-state index is 11.7. The van der Waals surface area contributed by atoms with Crippen molar-refractivity contribution in [2.45, 2.75) is 39.0 Å². The Morgan fingerprint density at radius 1 is 1.48 bits per heavy atom. The second-order valence-electron chi connectivity index (χ2n) is 5.77. The lowest BCUT2D eigenvalue weighted by Crippen LogP contribution is -2.30. The average molecular weight is 315 g/mol. The zero-order valence-electron chi connectivity index (χ0n) is 12.3. The van der Waals surface area contributed by atoms with E-state index in [1.807, 2.05) is 13.8 Å². The van der Waals surface area contributed by atoms with Gasteiger partial charge in [-0.25, -0.2) is 8.42 Å². The van der Waals surface area contributed by atoms with Crippen LogP contribution in [0.4, 0.5) is 0 Å². The van der Waals surface area contributed by atoms with Crippen LogP contribution >= 0.6 is 0 Å². The second kappa shape index (κ2) is 6.55. The van der Waals surface area contributed by atoms with E-state index in [-0.39, 0.29) is 35.7 Å². The van der Waals surface area contributed by atoms with Crippen LogP contribution in [-0.4, -0.2) is 42.5 Å². The molecule has 1 amide bonds. The summed E-state index contributed by atoms with van der Waals surface area (Å²) in [6.45, 7) is 4.35. The lowest BCUT2D eigenvalue weighted by Gasteiger charge is -2.08. The van der Waals surface area contributed by atoms with Crippen LogP contribution in [0.25, 0.3) is 0 Å². The third kappa shape index (κ3) is 4.80. The summed E-state index contributed by atoms with van der Waals surface area (Å²) in [5.74, 6) is 1.61. The Labute approximate surface area is 124 Å². The normalized spacial score (nSPS) is 20.8. The van der Waals surface area contributed by atoms with Gasteiger partial charge in [0.25, 0.3) is 0 Å². The van der Waals surface area contributed by atoms with Crippen molar-refractivity contribution in [3.63, 3.8) is 0 Å². The molecule has 0 spiro atoms. The first-order valence-corrected chi connectivity index (χ1v) is 8.97. The number of carbonyl (C=O) groups excluding carboxylic acids is 1. The van der Waals surface area contributed by atoms with Crippen LogP contribution in [0, 0.1) is 5.92 Å². The summed E-state index contributed by atoms with van der Waals surface area (Å²) < 4.78 is 27.7. The number of nitrogens with zero attached hydrogens (tertiary/aromatic N) is 2. The van der Waals surface area contributed by atoms with Gasteiger partial charge in [-0.1, -0.05) is 19.0 Å². The molecule has 0 radical (unpaired) electrons. The van der Waals surface area contributed by atoms with Gasteiger partial charge >= 0.3 is 0 Å². The van der Waals surface area contributed by atoms with Gasteiger partial charge in [-0.2, -0.15) is 4.98 Å². The maximum atomic E-state index is 11.7. The van der Waals surface area contributed by atoms with E-state index in [9.17, 15) is 13.2 Å². The Morgan fingerprint density at radius 2 is 2.24 bits per heavy atom. The number of nitrogens with one attached hydrogen (secondary N) is 1. The molecule has 0 aliphatic carbocycles. The Kier molecular flexibility index (Phi) is 4.97. The standard InChI is InChI=1S/C13H21N3O4S/c1-9(2)13-15-12(20-16-13)4-3-11(17)14-7-10-5-6-21(18,19)8-10/h9-10H,3-8H2,1-2H3,(H,14,17)/t10-/m1/s1. The molecule has 0 aromatic carbocycles. The zero-order valence-corrected chi connectivity index (χ0v) is 13.1. The summed E-state index contributed by atoms with van der Waals surface area (Å²) in [7, 11) is -2.89. The SMILES string of the molecule is CC(C)c1noc(CCC(=O)NC[C@H]2CCS(=O)(=O)C2)n1. The highest BCUT2D eigenvalue weighted by Gasteiger charge is 2.27. The van der Waals surface area contributed by atoms with E-state index < -0.39 is 9.84 Å². The summed E-state index contributed by atoms with van der Waals surface area (Å²) in [6.07, 6.45) is 1.29. The molecule has 0 unspecified atom stereocenters. The van der Waals surface area contributed by atoms with Crippen LogP contribution < -0.4 is 5.32 Å². The molecule has 7 nitrogen and oxygen atoms in total. The molecule has 21 heavy (non-hydrogen) atoms. The molecular weight excluding hydrogens is 294 g/mol. The molecule has 0 bridgehead atoms. The third-order valence-corrected chi connectivity index (χ3v) is 5.32. The predicted molar refractivity (Wildman–Crippen MR) is 76.5 cm³/mol. The fourth-order valence-corrected chi connectivity index (χ4v) is 4.07. The van der Waals surface area contributed by atoms with E-state index in [2.05, 4.69) is 15.5 Å². The minimum absolute atomic E-state index is 0.0369. The molecule has 1 aromatic rings. The lowest BCUT2D eigenvalue weighted by atomic mass is 10.1. The third-order valence-electron chi connectivity index (χ3n) is 3.48. The van der Waals surface area contributed by atoms with E-state index in [1.54, 1.807) is 0 Å². The van der Waals surface area contributed by atoms with Gasteiger partial charge in [0.1, 0.15) is 0 Å². The number of aryl methyl sites for hydroxylation is 1. The summed E-state index contributed by atoms with van der Waals surface area (Å²) in [4.78, 5) is 15.9. The van der Waals surface area contributed by atoms with Crippen molar-refractivity contribution in [2.24, 2.45) is 5.92 Å². The first kappa shape index (κ1) is 15.9. The molecule has 1 atom stereocenters. The van der Waals surface area contributed by atoms with Gasteiger partial charge in [-0.3, -0.25) is 4.79 Å². The maximum Gasteiger partial charge on any atom is 0.227 e. The molecule has 2 heterocycles. The average Bonchev–Trinajstić information content (AvgIpc) is 3.00. The highest BCUT2D eigenvalue weighted by molar-refractivity contribution is 7.91. The van der Waals surface area contributed by atoms with E-state index >= 15 is 0 Å². The van der Waals surface area contributed by atoms with Crippen molar-refractivity contribution in [1.29, 1.82) is 0 Å². The largest absolute Gasteiger partial charge is 0.356 e. The van der Waals surface area contributed by atoms with E-state index in [1.165, 1.54) is 0 Å². The van der Waals surface area contributed by atoms with Crippen LogP contribution in [0.1, 0.15) is 44.3 Å². The van der Waals surface area contributed by atoms with Crippen molar-refractivity contribution in [2.75, 3.05) is 18.1 Å². The summed E-state index contributed by atoms with van der Waals surface area (Å²) in [5.41, 5.74) is 0. The number of sulfone groups is 1. The highest BCUT2D eigenvalue weighted by Crippen LogP contribution is 2.17. The van der Waals surface area contributed by atoms with Gasteiger partial charge in [0.05, 0.1) is 11.5 Å². The molecule has 8 heteroatoms. The number of rotatable bonds is 6. The minimum atomic E-state index is -2.89. The summed E-state index contributed by atoms with van der Waals surface area (Å²) >= 11 is 0. The number of carbonyl (C=O) groups is 1. The first-order chi connectivity index (χ1) is 9.85. The zero-order chi connectivity index (χ0) is 15.5. The van der Waals surface area contributed by atoms with Crippen LogP contribution in [0.5, 0.6) is 0 Å². The number of hydrogen-bond donors (Lipinski definition) is 1. The second-order valence-corrected chi connectivity index (χ2v) is 8.00. The van der Waals surface area contributed by atoms with Gasteiger partial charge in [0.15, 0.2) is 15.7 Å². The Hall–Kier alpha value is -1.44. The van der Waals surface area contributed by atoms with Gasteiger partial charge < -0.3 is 9.84 Å². The molecule has 2 rings (SSSR count). The first-order valence-electron chi connectivity index (χ1n) is 7.15. The van der Waals surface area contributed by atoms with E-state index in [0.717, 1.165) is 0 Å². The van der Waals surface area contributed by atoms with Gasteiger partial charge in [-0.15, -0.1) is 0 Å². The molecule has 1 saturated heterocycles. The van der Waals surface area contributed by atoms with E-state index in [4.69, 9.17) is 4.52 Å². The van der Waals surface area contributed by atoms with Gasteiger partial charge in [0.2, 0.25) is 11.8 Å². The van der Waals surface area contributed by atoms with Crippen molar-refractivity contribution < 1.29 is 17.7 Å². The van der Waals surface area contributed by atoms with Gasteiger partial charge in [-0.05, 0) is 12.3 Å². The number of amides is 1. The highest BCUT2D eigenvalue weighted by atomic mass is 32.2. The molecule has 1 N–H and O–H groups in total. The van der Waals surface area contributed by atoms with Crippen LogP contribution in [0.2, 0.25) is 0 Å². The molecule has 118 valence electrons. The quantitative estimate of drug-likeness (QED) is 0.828. The summed E-state index contributed by atoms with van der Waals surface area (Å²) in [6, 6.07) is 0. The van der Waals surface area contributed by atoms with Crippen LogP contribution in [-0.2, 0) is 21.1 Å². The Balaban J connectivity index is 1.70. The molecule has 1 aliphatic rings. The van der Waals surface area contributed by atoms with Crippen LogP contribution in [0.15, 0.2) is 4.52 Å². The molecule has 1 aromatic heterocycles. The molecule has 1 aliphatic heterocycles. The lowest BCUT2D eigenvalue weighted by molar-refractivity contribution is -0.121. The van der Waals surface area contributed by atoms with Gasteiger partial charge in [0, 0.05) is 25.3 Å². The predicted octanol–water partition coefficient (Wildman–Crippen LogP) is 0.676. The summed E-state index contributed by atoms with van der Waals surface area (Å²) in [5, 5.41) is 6.60. The van der Waals surface area contributed by atoms with Crippen molar-refractivity contribution in [1.82, 2.24) is 15.5 Å². The smallest absolute Gasteiger partial charge is 0.227 e. The molecule has 0 saturated carbocycles. The topological polar surface area (TPSA) is 102 Å². The molecule has 1 fully saturated rings. The van der Waals surface area contributed by atoms with Crippen molar-refractivity contribution in [3.05, 3.63) is 11.7 Å². The number of aromatic nitrogens is 2. The minimum Gasteiger partial charge on any atom is -0.356 e. The molecular formula is C13H21N3O4S. The van der Waals surface area contributed by atoms with Crippen LogP contribution in [0.3, 0.4) is 0 Å². The Bertz CT molecular complexity index is 594. The Morgan fingerprint density at radius 3 is 2.81 bits per heavy atom. The van der Waals surface area contributed by atoms with E-state index in [0.29, 0.717) is 31.1 Å².